The predicted molar refractivity (Wildman–Crippen MR) is 130 cm³/mol. The van der Waals surface area contributed by atoms with Crippen molar-refractivity contribution in [2.75, 3.05) is 0 Å². The molecule has 3 aromatic rings. The summed E-state index contributed by atoms with van der Waals surface area (Å²) in [6.45, 7) is 2.31. The summed E-state index contributed by atoms with van der Waals surface area (Å²) < 4.78 is 0. The molecule has 0 bridgehead atoms. The van der Waals surface area contributed by atoms with Gasteiger partial charge in [0.1, 0.15) is 8.07 Å². The standard InChI is InChI=1S/C28H32Si/c1-2-3-7-20-28-25(23-24-14-8-4-9-15-24)21-22-29(28,26-16-10-5-11-17-26)27-18-12-6-13-19-27/h4-6,8-19,23,28H,2-3,7,20-22H2,1H3/b25-23-. The third-order valence-corrected chi connectivity index (χ3v) is 12.3. The van der Waals surface area contributed by atoms with Crippen LogP contribution in [0.25, 0.3) is 6.08 Å². The quantitative estimate of drug-likeness (QED) is 0.308. The number of hydrogen-bond acceptors (Lipinski definition) is 0. The van der Waals surface area contributed by atoms with Crippen molar-refractivity contribution in [2.24, 2.45) is 0 Å². The normalized spacial score (nSPS) is 19.5. The zero-order valence-electron chi connectivity index (χ0n) is 17.6. The molecule has 1 heteroatoms. The minimum atomic E-state index is -1.85. The van der Waals surface area contributed by atoms with Gasteiger partial charge in [0.05, 0.1) is 0 Å². The lowest BCUT2D eigenvalue weighted by Gasteiger charge is -2.35. The Morgan fingerprint density at radius 1 is 0.759 bits per heavy atom. The first-order chi connectivity index (χ1) is 14.3. The average Bonchev–Trinajstić information content (AvgIpc) is 3.15. The smallest absolute Gasteiger partial charge is 0.0688 e. The molecule has 29 heavy (non-hydrogen) atoms. The van der Waals surface area contributed by atoms with E-state index in [0.717, 1.165) is 0 Å². The highest BCUT2D eigenvalue weighted by atomic mass is 28.3. The molecule has 3 aromatic carbocycles. The van der Waals surface area contributed by atoms with Crippen LogP contribution in [0.15, 0.2) is 96.6 Å². The molecular formula is C28H32Si. The lowest BCUT2D eigenvalue weighted by Crippen LogP contribution is -2.59. The summed E-state index contributed by atoms with van der Waals surface area (Å²) in [6.07, 6.45) is 9.03. The van der Waals surface area contributed by atoms with E-state index in [4.69, 9.17) is 0 Å². The molecule has 1 atom stereocenters. The maximum atomic E-state index is 2.51. The topological polar surface area (TPSA) is 0 Å². The van der Waals surface area contributed by atoms with E-state index in [1.807, 2.05) is 0 Å². The van der Waals surface area contributed by atoms with Crippen LogP contribution in [0.2, 0.25) is 11.6 Å². The number of unbranched alkanes of at least 4 members (excludes halogenated alkanes) is 2. The lowest BCUT2D eigenvalue weighted by atomic mass is 10.0. The molecule has 0 saturated carbocycles. The van der Waals surface area contributed by atoms with Gasteiger partial charge in [-0.25, -0.2) is 0 Å². The Labute approximate surface area is 177 Å². The first-order valence-electron chi connectivity index (χ1n) is 11.2. The van der Waals surface area contributed by atoms with Crippen molar-refractivity contribution in [3.63, 3.8) is 0 Å². The monoisotopic (exact) mass is 396 g/mol. The van der Waals surface area contributed by atoms with Gasteiger partial charge >= 0.3 is 0 Å². The molecule has 1 saturated heterocycles. The van der Waals surface area contributed by atoms with Crippen LogP contribution < -0.4 is 10.4 Å². The van der Waals surface area contributed by atoms with E-state index in [9.17, 15) is 0 Å². The number of allylic oxidation sites excluding steroid dienone is 1. The zero-order valence-corrected chi connectivity index (χ0v) is 18.6. The predicted octanol–water partition coefficient (Wildman–Crippen LogP) is 6.69. The Hall–Kier alpha value is -2.38. The van der Waals surface area contributed by atoms with Crippen LogP contribution in [0.4, 0.5) is 0 Å². The van der Waals surface area contributed by atoms with Crippen molar-refractivity contribution in [2.45, 2.75) is 50.6 Å². The van der Waals surface area contributed by atoms with Crippen molar-refractivity contribution in [1.29, 1.82) is 0 Å². The molecule has 0 amide bonds. The Morgan fingerprint density at radius 3 is 1.86 bits per heavy atom. The van der Waals surface area contributed by atoms with Gasteiger partial charge in [-0.1, -0.05) is 139 Å². The largest absolute Gasteiger partial charge is 0.125 e. The molecule has 0 nitrogen and oxygen atoms in total. The fourth-order valence-corrected chi connectivity index (χ4v) is 11.2. The van der Waals surface area contributed by atoms with E-state index in [1.54, 1.807) is 15.9 Å². The zero-order chi connectivity index (χ0) is 19.9. The maximum Gasteiger partial charge on any atom is 0.125 e. The Kier molecular flexibility index (Phi) is 6.46. The van der Waals surface area contributed by atoms with E-state index >= 15 is 0 Å². The highest BCUT2D eigenvalue weighted by molar-refractivity contribution is 7.04. The number of hydrogen-bond donors (Lipinski definition) is 0. The van der Waals surface area contributed by atoms with Crippen LogP contribution in [0, 0.1) is 0 Å². The van der Waals surface area contributed by atoms with Gasteiger partial charge in [-0.3, -0.25) is 0 Å². The molecule has 1 heterocycles. The van der Waals surface area contributed by atoms with Gasteiger partial charge in [0.15, 0.2) is 0 Å². The first kappa shape index (κ1) is 19.9. The molecule has 1 unspecified atom stereocenters. The Morgan fingerprint density at radius 2 is 1.31 bits per heavy atom. The molecule has 4 rings (SSSR count). The van der Waals surface area contributed by atoms with Crippen molar-refractivity contribution in [3.8, 4) is 0 Å². The molecule has 1 aliphatic heterocycles. The second-order valence-corrected chi connectivity index (χ2v) is 12.7. The van der Waals surface area contributed by atoms with Crippen LogP contribution in [0.1, 0.15) is 44.6 Å². The van der Waals surface area contributed by atoms with E-state index in [-0.39, 0.29) is 0 Å². The van der Waals surface area contributed by atoms with Gasteiger partial charge in [0, 0.05) is 0 Å². The van der Waals surface area contributed by atoms with Crippen LogP contribution in [0.5, 0.6) is 0 Å². The van der Waals surface area contributed by atoms with E-state index < -0.39 is 8.07 Å². The number of rotatable bonds is 7. The summed E-state index contributed by atoms with van der Waals surface area (Å²) in [6, 6.07) is 35.2. The molecule has 0 spiro atoms. The average molecular weight is 397 g/mol. The highest BCUT2D eigenvalue weighted by Crippen LogP contribution is 2.47. The lowest BCUT2D eigenvalue weighted by molar-refractivity contribution is 0.661. The molecule has 1 aliphatic rings. The van der Waals surface area contributed by atoms with Gasteiger partial charge in [0.2, 0.25) is 0 Å². The molecule has 0 aliphatic carbocycles. The van der Waals surface area contributed by atoms with E-state index in [2.05, 4.69) is 104 Å². The molecule has 148 valence electrons. The molecule has 0 radical (unpaired) electrons. The Bertz CT molecular complexity index is 873. The summed E-state index contributed by atoms with van der Waals surface area (Å²) in [5.74, 6) is 0. The third kappa shape index (κ3) is 4.16. The van der Waals surface area contributed by atoms with Crippen LogP contribution in [-0.4, -0.2) is 8.07 Å². The molecule has 1 fully saturated rings. The third-order valence-electron chi connectivity index (χ3n) is 6.68. The van der Waals surface area contributed by atoms with Crippen molar-refractivity contribution >= 4 is 24.5 Å². The second kappa shape index (κ2) is 9.41. The minimum Gasteiger partial charge on any atom is -0.0688 e. The van der Waals surface area contributed by atoms with Gasteiger partial charge in [0.25, 0.3) is 0 Å². The summed E-state index contributed by atoms with van der Waals surface area (Å²) in [5.41, 5.74) is 3.74. The van der Waals surface area contributed by atoms with Gasteiger partial charge in [-0.05, 0) is 30.0 Å². The molecule has 0 N–H and O–H groups in total. The summed E-state index contributed by atoms with van der Waals surface area (Å²) >= 11 is 0. The van der Waals surface area contributed by atoms with Crippen LogP contribution in [-0.2, 0) is 0 Å². The van der Waals surface area contributed by atoms with E-state index in [1.165, 1.54) is 43.7 Å². The Balaban J connectivity index is 1.83. The van der Waals surface area contributed by atoms with Gasteiger partial charge in [-0.15, -0.1) is 0 Å². The second-order valence-electron chi connectivity index (χ2n) is 8.38. The van der Waals surface area contributed by atoms with Crippen molar-refractivity contribution in [3.05, 3.63) is 102 Å². The SMILES string of the molecule is CCCCCC1/C(=C\c2ccccc2)CC[Si]1(c1ccccc1)c1ccccc1. The summed E-state index contributed by atoms with van der Waals surface area (Å²) in [4.78, 5) is 0. The van der Waals surface area contributed by atoms with Crippen LogP contribution >= 0.6 is 0 Å². The van der Waals surface area contributed by atoms with Gasteiger partial charge in [-0.2, -0.15) is 0 Å². The number of benzene rings is 3. The van der Waals surface area contributed by atoms with Crippen molar-refractivity contribution < 1.29 is 0 Å². The van der Waals surface area contributed by atoms with Crippen LogP contribution in [0.3, 0.4) is 0 Å². The maximum absolute atomic E-state index is 2.51. The van der Waals surface area contributed by atoms with Gasteiger partial charge < -0.3 is 0 Å². The summed E-state index contributed by atoms with van der Waals surface area (Å²) in [5, 5.41) is 3.23. The highest BCUT2D eigenvalue weighted by Gasteiger charge is 2.49. The summed E-state index contributed by atoms with van der Waals surface area (Å²) in [7, 11) is -1.85. The minimum absolute atomic E-state index is 0.694. The molecule has 0 aromatic heterocycles. The first-order valence-corrected chi connectivity index (χ1v) is 13.5. The van der Waals surface area contributed by atoms with E-state index in [0.29, 0.717) is 5.54 Å². The molecular weight excluding hydrogens is 364 g/mol. The fourth-order valence-electron chi connectivity index (χ4n) is 5.30. The fraction of sp³-hybridized carbons (Fsp3) is 0.286. The van der Waals surface area contributed by atoms with Crippen molar-refractivity contribution in [1.82, 2.24) is 0 Å².